The molecule has 1 heterocycles. The molecule has 2 aromatic rings. The van der Waals surface area contributed by atoms with Gasteiger partial charge in [0.25, 0.3) is 5.91 Å². The van der Waals surface area contributed by atoms with Crippen LogP contribution in [0.3, 0.4) is 0 Å². The van der Waals surface area contributed by atoms with E-state index in [1.54, 1.807) is 30.3 Å². The third-order valence-electron chi connectivity index (χ3n) is 4.30. The van der Waals surface area contributed by atoms with Crippen molar-refractivity contribution >= 4 is 34.8 Å². The van der Waals surface area contributed by atoms with Gasteiger partial charge >= 0.3 is 0 Å². The summed E-state index contributed by atoms with van der Waals surface area (Å²) in [6.07, 6.45) is 2.18. The molecule has 28 heavy (non-hydrogen) atoms. The SMILES string of the molecule is CCCCC(=O)Nc1ccc2c(c1)N(CC(=O)Nc1ccccc1)C(=O)CO2. The lowest BCUT2D eigenvalue weighted by Crippen LogP contribution is -2.43. The van der Waals surface area contributed by atoms with E-state index in [0.29, 0.717) is 29.2 Å². The number of carbonyl (C=O) groups is 3. The molecule has 2 aromatic carbocycles. The molecule has 2 N–H and O–H groups in total. The van der Waals surface area contributed by atoms with E-state index in [1.165, 1.54) is 4.90 Å². The molecule has 3 amide bonds. The average molecular weight is 381 g/mol. The number of hydrogen-bond acceptors (Lipinski definition) is 4. The Morgan fingerprint density at radius 3 is 2.54 bits per heavy atom. The summed E-state index contributed by atoms with van der Waals surface area (Å²) >= 11 is 0. The molecule has 0 bridgehead atoms. The fraction of sp³-hybridized carbons (Fsp3) is 0.286. The fourth-order valence-electron chi connectivity index (χ4n) is 2.88. The third kappa shape index (κ3) is 4.88. The maximum absolute atomic E-state index is 12.4. The number of nitrogens with zero attached hydrogens (tertiary/aromatic N) is 1. The molecule has 0 unspecified atom stereocenters. The van der Waals surface area contributed by atoms with Crippen molar-refractivity contribution in [3.63, 3.8) is 0 Å². The number of rotatable bonds is 7. The number of fused-ring (bicyclic) bond motifs is 1. The number of anilines is 3. The van der Waals surface area contributed by atoms with E-state index in [1.807, 2.05) is 25.1 Å². The number of unbranched alkanes of at least 4 members (excludes halogenated alkanes) is 1. The van der Waals surface area contributed by atoms with Crippen LogP contribution in [0.15, 0.2) is 48.5 Å². The molecule has 1 aliphatic heterocycles. The molecule has 7 nitrogen and oxygen atoms in total. The van der Waals surface area contributed by atoms with Gasteiger partial charge in [-0.2, -0.15) is 0 Å². The largest absolute Gasteiger partial charge is 0.482 e. The second kappa shape index (κ2) is 9.03. The van der Waals surface area contributed by atoms with Crippen molar-refractivity contribution in [1.82, 2.24) is 0 Å². The van der Waals surface area contributed by atoms with Crippen molar-refractivity contribution in [1.29, 1.82) is 0 Å². The van der Waals surface area contributed by atoms with E-state index in [-0.39, 0.29) is 30.9 Å². The Morgan fingerprint density at radius 2 is 1.79 bits per heavy atom. The summed E-state index contributed by atoms with van der Waals surface area (Å²) in [6, 6.07) is 14.1. The van der Waals surface area contributed by atoms with E-state index in [0.717, 1.165) is 12.8 Å². The molecule has 0 atom stereocenters. The van der Waals surface area contributed by atoms with Gasteiger partial charge in [0, 0.05) is 17.8 Å². The number of hydrogen-bond donors (Lipinski definition) is 2. The van der Waals surface area contributed by atoms with Crippen molar-refractivity contribution < 1.29 is 19.1 Å². The average Bonchev–Trinajstić information content (AvgIpc) is 2.69. The van der Waals surface area contributed by atoms with Crippen LogP contribution in [0.5, 0.6) is 5.75 Å². The molecule has 146 valence electrons. The molecular weight excluding hydrogens is 358 g/mol. The van der Waals surface area contributed by atoms with Gasteiger partial charge in [-0.05, 0) is 36.8 Å². The molecular formula is C21H23N3O4. The minimum Gasteiger partial charge on any atom is -0.482 e. The van der Waals surface area contributed by atoms with E-state index in [4.69, 9.17) is 4.74 Å². The fourth-order valence-corrected chi connectivity index (χ4v) is 2.88. The van der Waals surface area contributed by atoms with E-state index in [9.17, 15) is 14.4 Å². The van der Waals surface area contributed by atoms with Gasteiger partial charge in [0.05, 0.1) is 5.69 Å². The van der Waals surface area contributed by atoms with Crippen molar-refractivity contribution in [2.24, 2.45) is 0 Å². The molecule has 0 fully saturated rings. The minimum absolute atomic E-state index is 0.0850. The maximum Gasteiger partial charge on any atom is 0.265 e. The number of benzene rings is 2. The van der Waals surface area contributed by atoms with Gasteiger partial charge in [-0.25, -0.2) is 0 Å². The lowest BCUT2D eigenvalue weighted by molar-refractivity contribution is -0.123. The van der Waals surface area contributed by atoms with Crippen molar-refractivity contribution in [2.45, 2.75) is 26.2 Å². The quantitative estimate of drug-likeness (QED) is 0.771. The normalized spacial score (nSPS) is 12.8. The highest BCUT2D eigenvalue weighted by molar-refractivity contribution is 6.05. The Labute approximate surface area is 163 Å². The first-order chi connectivity index (χ1) is 13.6. The van der Waals surface area contributed by atoms with Gasteiger partial charge in [-0.3, -0.25) is 19.3 Å². The lowest BCUT2D eigenvalue weighted by atomic mass is 10.2. The summed E-state index contributed by atoms with van der Waals surface area (Å²) in [5.74, 6) is -0.216. The monoisotopic (exact) mass is 381 g/mol. The van der Waals surface area contributed by atoms with Crippen LogP contribution in [0.2, 0.25) is 0 Å². The number of carbonyl (C=O) groups excluding carboxylic acids is 3. The second-order valence-electron chi connectivity index (χ2n) is 6.52. The van der Waals surface area contributed by atoms with Crippen LogP contribution in [0, 0.1) is 0 Å². The molecule has 1 aliphatic rings. The zero-order valence-corrected chi connectivity index (χ0v) is 15.7. The summed E-state index contributed by atoms with van der Waals surface area (Å²) in [5, 5.41) is 5.59. The van der Waals surface area contributed by atoms with E-state index >= 15 is 0 Å². The molecule has 0 aliphatic carbocycles. The first-order valence-corrected chi connectivity index (χ1v) is 9.29. The highest BCUT2D eigenvalue weighted by atomic mass is 16.5. The molecule has 3 rings (SSSR count). The van der Waals surface area contributed by atoms with E-state index in [2.05, 4.69) is 10.6 Å². The Morgan fingerprint density at radius 1 is 1.04 bits per heavy atom. The van der Waals surface area contributed by atoms with Crippen LogP contribution in [0.25, 0.3) is 0 Å². The van der Waals surface area contributed by atoms with Crippen molar-refractivity contribution in [3.05, 3.63) is 48.5 Å². The summed E-state index contributed by atoms with van der Waals surface area (Å²) in [7, 11) is 0. The molecule has 0 aromatic heterocycles. The van der Waals surface area contributed by atoms with Gasteiger partial charge in [-0.1, -0.05) is 31.5 Å². The van der Waals surface area contributed by atoms with Crippen molar-refractivity contribution in [3.8, 4) is 5.75 Å². The zero-order valence-electron chi connectivity index (χ0n) is 15.7. The van der Waals surface area contributed by atoms with Crippen LogP contribution in [-0.4, -0.2) is 30.9 Å². The van der Waals surface area contributed by atoms with Gasteiger partial charge < -0.3 is 15.4 Å². The van der Waals surface area contributed by atoms with Crippen LogP contribution in [0.1, 0.15) is 26.2 Å². The second-order valence-corrected chi connectivity index (χ2v) is 6.52. The minimum atomic E-state index is -0.315. The van der Waals surface area contributed by atoms with Crippen LogP contribution < -0.4 is 20.3 Å². The zero-order chi connectivity index (χ0) is 19.9. The van der Waals surface area contributed by atoms with Gasteiger partial charge in [0.15, 0.2) is 6.61 Å². The summed E-state index contributed by atoms with van der Waals surface area (Å²) in [4.78, 5) is 38.1. The van der Waals surface area contributed by atoms with Crippen LogP contribution >= 0.6 is 0 Å². The summed E-state index contributed by atoms with van der Waals surface area (Å²) in [6.45, 7) is 1.75. The lowest BCUT2D eigenvalue weighted by Gasteiger charge is -2.29. The third-order valence-corrected chi connectivity index (χ3v) is 4.30. The molecule has 0 saturated carbocycles. The Kier molecular flexibility index (Phi) is 6.26. The topological polar surface area (TPSA) is 87.7 Å². The highest BCUT2D eigenvalue weighted by Gasteiger charge is 2.27. The maximum atomic E-state index is 12.4. The van der Waals surface area contributed by atoms with Crippen LogP contribution in [-0.2, 0) is 14.4 Å². The predicted molar refractivity (Wildman–Crippen MR) is 108 cm³/mol. The predicted octanol–water partition coefficient (Wildman–Crippen LogP) is 3.18. The number of nitrogens with one attached hydrogen (secondary N) is 2. The van der Waals surface area contributed by atoms with E-state index < -0.39 is 0 Å². The number of para-hydroxylation sites is 1. The first kappa shape index (κ1) is 19.4. The first-order valence-electron chi connectivity index (χ1n) is 9.29. The summed E-state index contributed by atoms with van der Waals surface area (Å²) < 4.78 is 5.46. The summed E-state index contributed by atoms with van der Waals surface area (Å²) in [5.41, 5.74) is 1.68. The molecule has 0 saturated heterocycles. The Hall–Kier alpha value is -3.35. The molecule has 0 spiro atoms. The molecule has 7 heteroatoms. The standard InChI is InChI=1S/C21H23N3O4/c1-2-3-9-19(25)23-16-10-11-18-17(12-16)24(21(27)14-28-18)13-20(26)22-15-7-5-4-6-8-15/h4-8,10-12H,2-3,9,13-14H2,1H3,(H,22,26)(H,23,25). The number of amides is 3. The van der Waals surface area contributed by atoms with Gasteiger partial charge in [0.1, 0.15) is 12.3 Å². The molecule has 0 radical (unpaired) electrons. The van der Waals surface area contributed by atoms with Crippen LogP contribution in [0.4, 0.5) is 17.1 Å². The smallest absolute Gasteiger partial charge is 0.265 e. The Balaban J connectivity index is 1.74. The number of ether oxygens (including phenoxy) is 1. The van der Waals surface area contributed by atoms with Gasteiger partial charge in [-0.15, -0.1) is 0 Å². The highest BCUT2D eigenvalue weighted by Crippen LogP contribution is 2.34. The van der Waals surface area contributed by atoms with Gasteiger partial charge in [0.2, 0.25) is 11.8 Å². The van der Waals surface area contributed by atoms with Crippen molar-refractivity contribution in [2.75, 3.05) is 28.7 Å². The Bertz CT molecular complexity index is 867.